The monoisotopic (exact) mass is 340 g/mol. The molecular weight excluding hydrogens is 324 g/mol. The average molecular weight is 340 g/mol. The molecule has 0 fully saturated rings. The van der Waals surface area contributed by atoms with Crippen LogP contribution in [0.2, 0.25) is 0 Å². The van der Waals surface area contributed by atoms with Crippen LogP contribution in [0.3, 0.4) is 0 Å². The number of benzene rings is 1. The topological polar surface area (TPSA) is 76.9 Å². The standard InChI is InChI=1S/C17H16N4O2S/c1-12(10-18)24-17-20-19-16(13-5-3-6-14(9-13)22-2)21(17)11-15-7-4-8-23-15/h3-9,12H,11H2,1-2H3/t12-/m1/s1. The molecule has 0 N–H and O–H groups in total. The predicted molar refractivity (Wildman–Crippen MR) is 90.8 cm³/mol. The Balaban J connectivity index is 2.03. The number of hydrogen-bond acceptors (Lipinski definition) is 6. The summed E-state index contributed by atoms with van der Waals surface area (Å²) in [4.78, 5) is 0. The summed E-state index contributed by atoms with van der Waals surface area (Å²) in [6.07, 6.45) is 1.63. The molecular formula is C17H16N4O2S. The number of rotatable bonds is 6. The van der Waals surface area contributed by atoms with E-state index in [0.29, 0.717) is 17.5 Å². The van der Waals surface area contributed by atoms with Crippen molar-refractivity contribution in [2.75, 3.05) is 7.11 Å². The van der Waals surface area contributed by atoms with E-state index in [1.807, 2.05) is 47.9 Å². The Hall–Kier alpha value is -2.72. The number of aromatic nitrogens is 3. The summed E-state index contributed by atoms with van der Waals surface area (Å²) < 4.78 is 12.7. The van der Waals surface area contributed by atoms with Crippen LogP contribution >= 0.6 is 11.8 Å². The average Bonchev–Trinajstić information content (AvgIpc) is 3.26. The van der Waals surface area contributed by atoms with Crippen LogP contribution in [-0.2, 0) is 6.54 Å². The highest BCUT2D eigenvalue weighted by Crippen LogP contribution is 2.29. The van der Waals surface area contributed by atoms with E-state index in [2.05, 4.69) is 16.3 Å². The van der Waals surface area contributed by atoms with Gasteiger partial charge in [0, 0.05) is 5.56 Å². The van der Waals surface area contributed by atoms with Gasteiger partial charge in [-0.2, -0.15) is 5.26 Å². The molecule has 24 heavy (non-hydrogen) atoms. The van der Waals surface area contributed by atoms with E-state index in [4.69, 9.17) is 14.4 Å². The molecule has 7 heteroatoms. The largest absolute Gasteiger partial charge is 0.497 e. The number of thioether (sulfide) groups is 1. The van der Waals surface area contributed by atoms with Gasteiger partial charge < -0.3 is 9.15 Å². The summed E-state index contributed by atoms with van der Waals surface area (Å²) >= 11 is 1.37. The Bertz CT molecular complexity index is 852. The van der Waals surface area contributed by atoms with Crippen molar-refractivity contribution in [2.45, 2.75) is 23.9 Å². The third kappa shape index (κ3) is 3.44. The van der Waals surface area contributed by atoms with Gasteiger partial charge in [0.1, 0.15) is 11.5 Å². The molecule has 122 valence electrons. The molecule has 0 spiro atoms. The highest BCUT2D eigenvalue weighted by Gasteiger charge is 2.18. The summed E-state index contributed by atoms with van der Waals surface area (Å²) in [6, 6.07) is 13.6. The number of nitrogens with zero attached hydrogens (tertiary/aromatic N) is 4. The molecule has 0 aliphatic heterocycles. The van der Waals surface area contributed by atoms with Gasteiger partial charge in [0.2, 0.25) is 0 Å². The van der Waals surface area contributed by atoms with E-state index in [9.17, 15) is 0 Å². The fourth-order valence-electron chi connectivity index (χ4n) is 2.24. The first kappa shape index (κ1) is 16.1. The normalized spacial score (nSPS) is 11.9. The predicted octanol–water partition coefficient (Wildman–Crippen LogP) is 3.60. The number of hydrogen-bond donors (Lipinski definition) is 0. The maximum atomic E-state index is 9.07. The van der Waals surface area contributed by atoms with Crippen molar-refractivity contribution in [1.82, 2.24) is 14.8 Å². The SMILES string of the molecule is COc1cccc(-c2nnc(S[C@H](C)C#N)n2Cc2ccco2)c1. The fourth-order valence-corrected chi connectivity index (χ4v) is 2.97. The summed E-state index contributed by atoms with van der Waals surface area (Å²) in [5.74, 6) is 2.25. The van der Waals surface area contributed by atoms with E-state index in [1.54, 1.807) is 13.4 Å². The van der Waals surface area contributed by atoms with Gasteiger partial charge in [-0.15, -0.1) is 10.2 Å². The van der Waals surface area contributed by atoms with Gasteiger partial charge in [0.15, 0.2) is 11.0 Å². The van der Waals surface area contributed by atoms with Crippen LogP contribution in [0.5, 0.6) is 5.75 Å². The van der Waals surface area contributed by atoms with Crippen molar-refractivity contribution in [3.8, 4) is 23.2 Å². The minimum Gasteiger partial charge on any atom is -0.497 e. The summed E-state index contributed by atoms with van der Waals surface area (Å²) in [5, 5.41) is 18.1. The Morgan fingerprint density at radius 2 is 2.21 bits per heavy atom. The summed E-state index contributed by atoms with van der Waals surface area (Å²) in [5.41, 5.74) is 0.893. The zero-order valence-corrected chi connectivity index (χ0v) is 14.2. The number of methoxy groups -OCH3 is 1. The first-order valence-electron chi connectivity index (χ1n) is 7.37. The minimum absolute atomic E-state index is 0.220. The van der Waals surface area contributed by atoms with Gasteiger partial charge in [-0.1, -0.05) is 23.9 Å². The van der Waals surface area contributed by atoms with Crippen LogP contribution in [0, 0.1) is 11.3 Å². The minimum atomic E-state index is -0.220. The molecule has 1 aromatic carbocycles. The van der Waals surface area contributed by atoms with Crippen molar-refractivity contribution >= 4 is 11.8 Å². The Morgan fingerprint density at radius 1 is 1.33 bits per heavy atom. The van der Waals surface area contributed by atoms with E-state index in [0.717, 1.165) is 17.1 Å². The Labute approximate surface area is 144 Å². The van der Waals surface area contributed by atoms with Gasteiger partial charge in [-0.3, -0.25) is 4.57 Å². The Kier molecular flexibility index (Phi) is 4.87. The number of furan rings is 1. The number of nitriles is 1. The first-order valence-corrected chi connectivity index (χ1v) is 8.25. The van der Waals surface area contributed by atoms with Crippen LogP contribution in [-0.4, -0.2) is 27.1 Å². The second-order valence-corrected chi connectivity index (χ2v) is 6.40. The van der Waals surface area contributed by atoms with Crippen molar-refractivity contribution in [3.05, 3.63) is 48.4 Å². The zero-order chi connectivity index (χ0) is 16.9. The Morgan fingerprint density at radius 3 is 2.92 bits per heavy atom. The molecule has 6 nitrogen and oxygen atoms in total. The quantitative estimate of drug-likeness (QED) is 0.638. The third-order valence-corrected chi connectivity index (χ3v) is 4.37. The van der Waals surface area contributed by atoms with Crippen LogP contribution in [0.15, 0.2) is 52.2 Å². The van der Waals surface area contributed by atoms with Gasteiger partial charge >= 0.3 is 0 Å². The molecule has 0 unspecified atom stereocenters. The molecule has 0 aliphatic carbocycles. The first-order chi connectivity index (χ1) is 11.7. The molecule has 0 saturated heterocycles. The van der Waals surface area contributed by atoms with Crippen LogP contribution < -0.4 is 4.74 Å². The van der Waals surface area contributed by atoms with Crippen molar-refractivity contribution in [2.24, 2.45) is 0 Å². The van der Waals surface area contributed by atoms with E-state index >= 15 is 0 Å². The summed E-state index contributed by atoms with van der Waals surface area (Å²) in [6.45, 7) is 2.33. The van der Waals surface area contributed by atoms with E-state index < -0.39 is 0 Å². The highest BCUT2D eigenvalue weighted by molar-refractivity contribution is 8.00. The van der Waals surface area contributed by atoms with Gasteiger partial charge in [0.05, 0.1) is 31.2 Å². The fraction of sp³-hybridized carbons (Fsp3) is 0.235. The summed E-state index contributed by atoms with van der Waals surface area (Å²) in [7, 11) is 1.63. The third-order valence-electron chi connectivity index (χ3n) is 3.40. The van der Waals surface area contributed by atoms with Crippen molar-refractivity contribution in [1.29, 1.82) is 5.26 Å². The lowest BCUT2D eigenvalue weighted by Gasteiger charge is -2.10. The van der Waals surface area contributed by atoms with Gasteiger partial charge in [-0.25, -0.2) is 0 Å². The lowest BCUT2D eigenvalue weighted by atomic mass is 10.2. The molecule has 0 saturated carbocycles. The molecule has 2 heterocycles. The molecule has 3 rings (SSSR count). The number of ether oxygens (including phenoxy) is 1. The lowest BCUT2D eigenvalue weighted by molar-refractivity contribution is 0.415. The lowest BCUT2D eigenvalue weighted by Crippen LogP contribution is -2.05. The van der Waals surface area contributed by atoms with Crippen molar-refractivity contribution in [3.63, 3.8) is 0 Å². The van der Waals surface area contributed by atoms with E-state index in [1.165, 1.54) is 11.8 Å². The second-order valence-electron chi connectivity index (χ2n) is 5.09. The van der Waals surface area contributed by atoms with E-state index in [-0.39, 0.29) is 5.25 Å². The zero-order valence-electron chi connectivity index (χ0n) is 13.3. The maximum Gasteiger partial charge on any atom is 0.193 e. The molecule has 0 radical (unpaired) electrons. The molecule has 3 aromatic rings. The highest BCUT2D eigenvalue weighted by atomic mass is 32.2. The molecule has 0 aliphatic rings. The molecule has 1 atom stereocenters. The van der Waals surface area contributed by atoms with Gasteiger partial charge in [0.25, 0.3) is 0 Å². The molecule has 2 aromatic heterocycles. The molecule has 0 amide bonds. The van der Waals surface area contributed by atoms with Crippen molar-refractivity contribution < 1.29 is 9.15 Å². The van der Waals surface area contributed by atoms with Crippen LogP contribution in [0.4, 0.5) is 0 Å². The molecule has 0 bridgehead atoms. The maximum absolute atomic E-state index is 9.07. The second kappa shape index (κ2) is 7.23. The van der Waals surface area contributed by atoms with Gasteiger partial charge in [-0.05, 0) is 31.2 Å². The van der Waals surface area contributed by atoms with Crippen LogP contribution in [0.1, 0.15) is 12.7 Å². The van der Waals surface area contributed by atoms with Crippen LogP contribution in [0.25, 0.3) is 11.4 Å². The smallest absolute Gasteiger partial charge is 0.193 e.